The molecule has 1 aliphatic carbocycles. The van der Waals surface area contributed by atoms with E-state index >= 15 is 0 Å². The quantitative estimate of drug-likeness (QED) is 0.171. The number of anilines is 3. The van der Waals surface area contributed by atoms with E-state index in [9.17, 15) is 0 Å². The number of para-hydroxylation sites is 1. The van der Waals surface area contributed by atoms with Crippen LogP contribution in [0.4, 0.5) is 17.1 Å². The molecule has 55 heavy (non-hydrogen) atoms. The lowest BCUT2D eigenvalue weighted by Gasteiger charge is -2.30. The average molecular weight is 720 g/mol. The van der Waals surface area contributed by atoms with E-state index in [4.69, 9.17) is 0 Å². The fraction of sp³-hybridized carbons (Fsp3) is 0.0566. The maximum Gasteiger partial charge on any atom is 0.0540 e. The molecule has 11 rings (SSSR count). The van der Waals surface area contributed by atoms with Gasteiger partial charge in [0.25, 0.3) is 0 Å². The molecule has 0 spiro atoms. The highest BCUT2D eigenvalue weighted by Crippen LogP contribution is 2.51. The molecular formula is C53H37NS. The highest BCUT2D eigenvalue weighted by molar-refractivity contribution is 7.26. The van der Waals surface area contributed by atoms with Crippen LogP contribution in [0, 0.1) is 0 Å². The van der Waals surface area contributed by atoms with Crippen LogP contribution in [0.5, 0.6) is 0 Å². The number of benzene rings is 9. The molecule has 1 aromatic heterocycles. The Morgan fingerprint density at radius 1 is 0.400 bits per heavy atom. The van der Waals surface area contributed by atoms with E-state index in [-0.39, 0.29) is 5.41 Å². The standard InChI is InChI=1S/C53H37NS/c1-53(2)48-20-9-7-17-44(48)45-29-28-41(33-49(45)53)54(50-21-10-8-16-42(50)39-23-22-34-12-3-4-13-36(34)30-39)40-26-24-35(25-27-40)43-18-11-19-46-47-31-37-14-5-6-15-38(37)32-51(47)55-52(43)46/h3-33H,1-2H3. The van der Waals surface area contributed by atoms with Gasteiger partial charge in [-0.3, -0.25) is 0 Å². The Kier molecular flexibility index (Phi) is 7.14. The van der Waals surface area contributed by atoms with Crippen molar-refractivity contribution in [3.05, 3.63) is 199 Å². The molecule has 1 nitrogen and oxygen atoms in total. The van der Waals surface area contributed by atoms with Crippen molar-refractivity contribution in [1.82, 2.24) is 0 Å². The molecule has 0 fully saturated rings. The molecule has 0 atom stereocenters. The molecule has 0 aliphatic heterocycles. The third kappa shape index (κ3) is 5.06. The summed E-state index contributed by atoms with van der Waals surface area (Å²) in [5.74, 6) is 0. The van der Waals surface area contributed by atoms with Crippen molar-refractivity contribution < 1.29 is 0 Å². The van der Waals surface area contributed by atoms with Gasteiger partial charge in [0, 0.05) is 42.5 Å². The van der Waals surface area contributed by atoms with E-state index < -0.39 is 0 Å². The van der Waals surface area contributed by atoms with Crippen LogP contribution < -0.4 is 4.90 Å². The van der Waals surface area contributed by atoms with E-state index in [1.807, 2.05) is 11.3 Å². The summed E-state index contributed by atoms with van der Waals surface area (Å²) in [4.78, 5) is 2.46. The zero-order valence-corrected chi connectivity index (χ0v) is 31.6. The second-order valence-corrected chi connectivity index (χ2v) is 16.4. The van der Waals surface area contributed by atoms with Gasteiger partial charge in [0.2, 0.25) is 0 Å². The topological polar surface area (TPSA) is 3.24 Å². The summed E-state index contributed by atoms with van der Waals surface area (Å²) in [7, 11) is 0. The molecule has 0 saturated heterocycles. The van der Waals surface area contributed by atoms with Crippen LogP contribution in [0.3, 0.4) is 0 Å². The van der Waals surface area contributed by atoms with E-state index in [1.165, 1.54) is 86.2 Å². The van der Waals surface area contributed by atoms with Gasteiger partial charge in [0.15, 0.2) is 0 Å². The maximum atomic E-state index is 2.46. The third-order valence-corrected chi connectivity index (χ3v) is 13.0. The first-order valence-corrected chi connectivity index (χ1v) is 19.9. The Bertz CT molecular complexity index is 3130. The second kappa shape index (κ2) is 12.3. The summed E-state index contributed by atoms with van der Waals surface area (Å²) in [5, 5.41) is 7.71. The van der Waals surface area contributed by atoms with Crippen LogP contribution in [-0.4, -0.2) is 0 Å². The lowest BCUT2D eigenvalue weighted by atomic mass is 9.82. The number of hydrogen-bond acceptors (Lipinski definition) is 2. The summed E-state index contributed by atoms with van der Waals surface area (Å²) >= 11 is 1.90. The summed E-state index contributed by atoms with van der Waals surface area (Å²) in [6, 6.07) is 69.7. The van der Waals surface area contributed by atoms with Gasteiger partial charge in [-0.05, 0) is 109 Å². The monoisotopic (exact) mass is 719 g/mol. The van der Waals surface area contributed by atoms with Crippen LogP contribution in [0.2, 0.25) is 0 Å². The zero-order valence-electron chi connectivity index (χ0n) is 30.8. The van der Waals surface area contributed by atoms with Gasteiger partial charge in [-0.15, -0.1) is 11.3 Å². The predicted octanol–water partition coefficient (Wildman–Crippen LogP) is 15.5. The SMILES string of the molecule is CC1(C)c2ccccc2-c2ccc(N(c3ccc(-c4cccc5c4sc4cc6ccccc6cc45)cc3)c3ccccc3-c3ccc4ccccc4c3)cc21. The molecule has 1 heterocycles. The van der Waals surface area contributed by atoms with Crippen molar-refractivity contribution >= 4 is 70.1 Å². The molecule has 9 aromatic carbocycles. The van der Waals surface area contributed by atoms with Crippen molar-refractivity contribution in [3.8, 4) is 33.4 Å². The Balaban J connectivity index is 1.07. The Hall–Kier alpha value is -6.48. The minimum Gasteiger partial charge on any atom is -0.310 e. The Morgan fingerprint density at radius 2 is 1.02 bits per heavy atom. The van der Waals surface area contributed by atoms with Gasteiger partial charge in [-0.1, -0.05) is 153 Å². The second-order valence-electron chi connectivity index (χ2n) is 15.3. The van der Waals surface area contributed by atoms with Crippen LogP contribution in [0.1, 0.15) is 25.0 Å². The molecule has 0 unspecified atom stereocenters. The number of hydrogen-bond donors (Lipinski definition) is 0. The highest BCUT2D eigenvalue weighted by atomic mass is 32.1. The largest absolute Gasteiger partial charge is 0.310 e. The Labute approximate surface area is 325 Å². The zero-order chi connectivity index (χ0) is 36.7. The molecule has 0 N–H and O–H groups in total. The van der Waals surface area contributed by atoms with Gasteiger partial charge < -0.3 is 4.90 Å². The van der Waals surface area contributed by atoms with E-state index in [0.717, 1.165) is 17.1 Å². The molecule has 260 valence electrons. The molecule has 0 radical (unpaired) electrons. The molecular weight excluding hydrogens is 683 g/mol. The van der Waals surface area contributed by atoms with Crippen molar-refractivity contribution in [2.75, 3.05) is 4.90 Å². The molecule has 0 amide bonds. The van der Waals surface area contributed by atoms with Crippen molar-refractivity contribution in [3.63, 3.8) is 0 Å². The van der Waals surface area contributed by atoms with Crippen LogP contribution in [0.25, 0.3) is 75.1 Å². The third-order valence-electron chi connectivity index (χ3n) is 11.8. The number of rotatable bonds is 5. The lowest BCUT2D eigenvalue weighted by molar-refractivity contribution is 0.660. The van der Waals surface area contributed by atoms with E-state index in [0.29, 0.717) is 0 Å². The molecule has 2 heteroatoms. The van der Waals surface area contributed by atoms with Gasteiger partial charge in [0.1, 0.15) is 0 Å². The van der Waals surface area contributed by atoms with Crippen LogP contribution in [-0.2, 0) is 5.41 Å². The Morgan fingerprint density at radius 3 is 1.84 bits per heavy atom. The van der Waals surface area contributed by atoms with Gasteiger partial charge >= 0.3 is 0 Å². The fourth-order valence-electron chi connectivity index (χ4n) is 9.03. The fourth-order valence-corrected chi connectivity index (χ4v) is 10.3. The van der Waals surface area contributed by atoms with Gasteiger partial charge in [0.05, 0.1) is 5.69 Å². The smallest absolute Gasteiger partial charge is 0.0540 e. The average Bonchev–Trinajstić information content (AvgIpc) is 3.71. The first-order chi connectivity index (χ1) is 27.0. The van der Waals surface area contributed by atoms with E-state index in [2.05, 4.69) is 207 Å². The minimum absolute atomic E-state index is 0.107. The minimum atomic E-state index is -0.107. The number of fused-ring (bicyclic) bond motifs is 8. The highest BCUT2D eigenvalue weighted by Gasteiger charge is 2.36. The number of nitrogens with zero attached hydrogens (tertiary/aromatic N) is 1. The molecule has 10 aromatic rings. The first-order valence-electron chi connectivity index (χ1n) is 19.1. The summed E-state index contributed by atoms with van der Waals surface area (Å²) in [6.07, 6.45) is 0. The molecule has 1 aliphatic rings. The van der Waals surface area contributed by atoms with Crippen LogP contribution in [0.15, 0.2) is 188 Å². The summed E-state index contributed by atoms with van der Waals surface area (Å²) < 4.78 is 2.66. The van der Waals surface area contributed by atoms with Crippen LogP contribution >= 0.6 is 11.3 Å². The van der Waals surface area contributed by atoms with Crippen molar-refractivity contribution in [2.24, 2.45) is 0 Å². The molecule has 0 saturated carbocycles. The van der Waals surface area contributed by atoms with Gasteiger partial charge in [-0.2, -0.15) is 0 Å². The molecule has 0 bridgehead atoms. The lowest BCUT2D eigenvalue weighted by Crippen LogP contribution is -2.16. The van der Waals surface area contributed by atoms with Gasteiger partial charge in [-0.25, -0.2) is 0 Å². The predicted molar refractivity (Wildman–Crippen MR) is 237 cm³/mol. The normalized spacial score (nSPS) is 13.1. The van der Waals surface area contributed by atoms with Crippen molar-refractivity contribution in [1.29, 1.82) is 0 Å². The van der Waals surface area contributed by atoms with E-state index in [1.54, 1.807) is 0 Å². The van der Waals surface area contributed by atoms with Crippen molar-refractivity contribution in [2.45, 2.75) is 19.3 Å². The first kappa shape index (κ1) is 32.0. The maximum absolute atomic E-state index is 2.46. The summed E-state index contributed by atoms with van der Waals surface area (Å²) in [5.41, 5.74) is 13.6. The summed E-state index contributed by atoms with van der Waals surface area (Å²) in [6.45, 7) is 4.72. The number of thiophene rings is 1.